The van der Waals surface area contributed by atoms with Crippen molar-refractivity contribution in [2.45, 2.75) is 32.4 Å². The third kappa shape index (κ3) is 3.38. The average molecular weight is 442 g/mol. The van der Waals surface area contributed by atoms with Gasteiger partial charge in [0.2, 0.25) is 11.8 Å². The van der Waals surface area contributed by atoms with Crippen molar-refractivity contribution in [2.24, 2.45) is 0 Å². The van der Waals surface area contributed by atoms with Gasteiger partial charge in [-0.2, -0.15) is 0 Å². The molecule has 8 heteroatoms. The summed E-state index contributed by atoms with van der Waals surface area (Å²) in [5, 5.41) is 9.24. The Bertz CT molecular complexity index is 1260. The van der Waals surface area contributed by atoms with Crippen molar-refractivity contribution in [1.29, 1.82) is 0 Å². The van der Waals surface area contributed by atoms with Crippen LogP contribution in [0.3, 0.4) is 0 Å². The summed E-state index contributed by atoms with van der Waals surface area (Å²) in [5.41, 5.74) is 1.32. The van der Waals surface area contributed by atoms with Crippen LogP contribution in [0.25, 0.3) is 21.5 Å². The van der Waals surface area contributed by atoms with Crippen LogP contribution in [0.4, 0.5) is 4.39 Å². The quantitative estimate of drug-likeness (QED) is 0.389. The summed E-state index contributed by atoms with van der Waals surface area (Å²) in [7, 11) is 0. The van der Waals surface area contributed by atoms with Crippen LogP contribution in [-0.2, 0) is 6.54 Å². The lowest BCUT2D eigenvalue weighted by atomic mass is 10.1. The number of hydrogen-bond donors (Lipinski definition) is 0. The zero-order chi connectivity index (χ0) is 20.8. The number of rotatable bonds is 5. The first kappa shape index (κ1) is 19.2. The molecule has 0 spiro atoms. The van der Waals surface area contributed by atoms with Gasteiger partial charge in [-0.1, -0.05) is 29.8 Å². The Morgan fingerprint density at radius 1 is 1.23 bits per heavy atom. The number of aryl methyl sites for hydroxylation is 1. The third-order valence-electron chi connectivity index (χ3n) is 5.22. The molecule has 2 heterocycles. The molecule has 0 unspecified atom stereocenters. The highest BCUT2D eigenvalue weighted by Gasteiger charge is 2.36. The van der Waals surface area contributed by atoms with E-state index >= 15 is 0 Å². The number of thiophene rings is 1. The van der Waals surface area contributed by atoms with Crippen LogP contribution in [-0.4, -0.2) is 27.0 Å². The minimum absolute atomic E-state index is 0.127. The van der Waals surface area contributed by atoms with Crippen molar-refractivity contribution in [3.63, 3.8) is 0 Å². The van der Waals surface area contributed by atoms with Crippen LogP contribution < -0.4 is 0 Å². The number of nitrogens with zero attached hydrogens (tertiary/aromatic N) is 3. The highest BCUT2D eigenvalue weighted by atomic mass is 35.5. The molecule has 2 aromatic carbocycles. The molecule has 1 aliphatic carbocycles. The van der Waals surface area contributed by atoms with Crippen molar-refractivity contribution in [1.82, 2.24) is 15.1 Å². The zero-order valence-electron chi connectivity index (χ0n) is 16.1. The smallest absolute Gasteiger partial charge is 0.264 e. The molecular weight excluding hydrogens is 425 g/mol. The second-order valence-corrected chi connectivity index (χ2v) is 8.77. The number of amides is 1. The molecule has 5 nitrogen and oxygen atoms in total. The van der Waals surface area contributed by atoms with Gasteiger partial charge in [-0.15, -0.1) is 21.5 Å². The first-order chi connectivity index (χ1) is 14.5. The van der Waals surface area contributed by atoms with E-state index in [0.717, 1.165) is 17.5 Å². The molecule has 152 valence electrons. The van der Waals surface area contributed by atoms with Crippen molar-refractivity contribution >= 4 is 38.9 Å². The van der Waals surface area contributed by atoms with Crippen LogP contribution >= 0.6 is 22.9 Å². The minimum Gasteiger partial charge on any atom is -0.419 e. The Hall–Kier alpha value is -2.77. The van der Waals surface area contributed by atoms with Gasteiger partial charge in [-0.25, -0.2) is 4.39 Å². The maximum atomic E-state index is 14.3. The van der Waals surface area contributed by atoms with Gasteiger partial charge in [0.05, 0.1) is 22.0 Å². The number of fused-ring (bicyclic) bond motifs is 1. The Morgan fingerprint density at radius 3 is 2.77 bits per heavy atom. The van der Waals surface area contributed by atoms with Crippen LogP contribution in [0.2, 0.25) is 5.02 Å². The molecule has 1 amide bonds. The highest BCUT2D eigenvalue weighted by Crippen LogP contribution is 2.37. The van der Waals surface area contributed by atoms with Crippen molar-refractivity contribution in [2.75, 3.05) is 0 Å². The summed E-state index contributed by atoms with van der Waals surface area (Å²) in [6.07, 6.45) is 1.85. The van der Waals surface area contributed by atoms with Gasteiger partial charge < -0.3 is 9.32 Å². The molecule has 0 radical (unpaired) electrons. The van der Waals surface area contributed by atoms with E-state index in [1.54, 1.807) is 30.0 Å². The molecule has 0 bridgehead atoms. The summed E-state index contributed by atoms with van der Waals surface area (Å²) in [6.45, 7) is 2.00. The summed E-state index contributed by atoms with van der Waals surface area (Å²) in [6, 6.07) is 12.3. The predicted molar refractivity (Wildman–Crippen MR) is 114 cm³/mol. The normalized spacial score (nSPS) is 13.7. The van der Waals surface area contributed by atoms with Crippen molar-refractivity contribution in [3.8, 4) is 11.5 Å². The van der Waals surface area contributed by atoms with Gasteiger partial charge in [0, 0.05) is 16.1 Å². The average Bonchev–Trinajstić information content (AvgIpc) is 3.37. The molecule has 0 saturated heterocycles. The van der Waals surface area contributed by atoms with E-state index in [1.807, 2.05) is 18.2 Å². The minimum atomic E-state index is -0.306. The van der Waals surface area contributed by atoms with Crippen molar-refractivity contribution < 1.29 is 13.6 Å². The number of carbonyl (C=O) groups excluding carboxylic acids is 1. The van der Waals surface area contributed by atoms with Gasteiger partial charge >= 0.3 is 0 Å². The van der Waals surface area contributed by atoms with E-state index in [9.17, 15) is 9.18 Å². The third-order valence-corrected chi connectivity index (χ3v) is 6.80. The second kappa shape index (κ2) is 7.49. The maximum Gasteiger partial charge on any atom is 0.264 e. The van der Waals surface area contributed by atoms with E-state index in [1.165, 1.54) is 17.4 Å². The number of halogens is 2. The largest absolute Gasteiger partial charge is 0.419 e. The first-order valence-corrected chi connectivity index (χ1v) is 10.8. The summed E-state index contributed by atoms with van der Waals surface area (Å²) < 4.78 is 20.8. The van der Waals surface area contributed by atoms with Crippen LogP contribution in [0.5, 0.6) is 0 Å². The maximum absolute atomic E-state index is 14.3. The molecule has 0 aliphatic heterocycles. The topological polar surface area (TPSA) is 59.2 Å². The SMILES string of the molecule is Cc1c(C(=O)N(Cc2nnc(-c3ccccc3Cl)o2)C2CC2)sc2cccc(F)c12. The molecule has 0 N–H and O–H groups in total. The van der Waals surface area contributed by atoms with Crippen LogP contribution in [0.1, 0.15) is 34.0 Å². The first-order valence-electron chi connectivity index (χ1n) is 9.59. The molecule has 4 aromatic rings. The van der Waals surface area contributed by atoms with E-state index in [0.29, 0.717) is 38.2 Å². The lowest BCUT2D eigenvalue weighted by Gasteiger charge is -2.20. The summed E-state index contributed by atoms with van der Waals surface area (Å²) in [4.78, 5) is 15.7. The number of hydrogen-bond acceptors (Lipinski definition) is 5. The van der Waals surface area contributed by atoms with Crippen molar-refractivity contribution in [3.05, 3.63) is 69.6 Å². The molecule has 0 atom stereocenters. The van der Waals surface area contributed by atoms with Gasteiger partial charge in [-0.3, -0.25) is 4.79 Å². The fourth-order valence-corrected chi connectivity index (χ4v) is 4.94. The molecule has 1 aliphatic rings. The van der Waals surface area contributed by atoms with Gasteiger partial charge in [-0.05, 0) is 49.6 Å². The van der Waals surface area contributed by atoms with Gasteiger partial charge in [0.15, 0.2) is 0 Å². The number of carbonyl (C=O) groups is 1. The zero-order valence-corrected chi connectivity index (χ0v) is 17.6. The molecular formula is C22H17ClFN3O2S. The van der Waals surface area contributed by atoms with E-state index in [2.05, 4.69) is 10.2 Å². The second-order valence-electron chi connectivity index (χ2n) is 7.31. The standard InChI is InChI=1S/C22H17ClFN3O2S/c1-12-19-16(24)7-4-8-17(19)30-20(12)22(28)27(13-9-10-13)11-18-25-26-21(29-18)14-5-2-3-6-15(14)23/h2-8,13H,9-11H2,1H3. The molecule has 1 saturated carbocycles. The fraction of sp³-hybridized carbons (Fsp3) is 0.227. The predicted octanol–water partition coefficient (Wildman–Crippen LogP) is 5.86. The molecule has 1 fully saturated rings. The highest BCUT2D eigenvalue weighted by molar-refractivity contribution is 7.21. The van der Waals surface area contributed by atoms with Gasteiger partial charge in [0.25, 0.3) is 5.91 Å². The van der Waals surface area contributed by atoms with Gasteiger partial charge in [0.1, 0.15) is 5.82 Å². The number of aromatic nitrogens is 2. The Labute approximate surface area is 181 Å². The number of benzene rings is 2. The summed E-state index contributed by atoms with van der Waals surface area (Å²) in [5.74, 6) is 0.224. The molecule has 2 aromatic heterocycles. The molecule has 5 rings (SSSR count). The van der Waals surface area contributed by atoms with Crippen LogP contribution in [0, 0.1) is 12.7 Å². The Balaban J connectivity index is 1.45. The lowest BCUT2D eigenvalue weighted by Crippen LogP contribution is -2.32. The van der Waals surface area contributed by atoms with E-state index < -0.39 is 0 Å². The summed E-state index contributed by atoms with van der Waals surface area (Å²) >= 11 is 7.53. The van der Waals surface area contributed by atoms with E-state index in [4.69, 9.17) is 16.0 Å². The van der Waals surface area contributed by atoms with Crippen LogP contribution in [0.15, 0.2) is 46.9 Å². The van der Waals surface area contributed by atoms with E-state index in [-0.39, 0.29) is 24.3 Å². The monoisotopic (exact) mass is 441 g/mol. The fourth-order valence-electron chi connectivity index (χ4n) is 3.55. The molecule has 30 heavy (non-hydrogen) atoms. The Kier molecular flexibility index (Phi) is 4.79. The Morgan fingerprint density at radius 2 is 2.03 bits per heavy atom. The lowest BCUT2D eigenvalue weighted by molar-refractivity contribution is 0.0719.